The second-order valence-electron chi connectivity index (χ2n) is 8.66. The molecule has 148 valence electrons. The highest BCUT2D eigenvalue weighted by atomic mass is 32.1. The molecule has 0 amide bonds. The highest BCUT2D eigenvalue weighted by Crippen LogP contribution is 2.41. The molecule has 5 aromatic rings. The summed E-state index contributed by atoms with van der Waals surface area (Å²) < 4.78 is 13.9. The van der Waals surface area contributed by atoms with Crippen molar-refractivity contribution >= 4 is 42.3 Å². The minimum absolute atomic E-state index is 0.397. The van der Waals surface area contributed by atoms with Crippen LogP contribution in [0.1, 0.15) is 44.1 Å². The first kappa shape index (κ1) is 17.0. The maximum absolute atomic E-state index is 8.93. The normalized spacial score (nSPS) is 16.5. The number of hydrogen-bond donors (Lipinski definition) is 0. The van der Waals surface area contributed by atoms with Gasteiger partial charge in [0.15, 0.2) is 6.20 Å². The van der Waals surface area contributed by atoms with E-state index in [4.69, 9.17) is 1.37 Å². The van der Waals surface area contributed by atoms with Crippen molar-refractivity contribution in [3.63, 3.8) is 0 Å². The number of aromatic nitrogens is 1. The second-order valence-corrected chi connectivity index (χ2v) is 9.71. The molecule has 1 aliphatic rings. The Balaban J connectivity index is 1.62. The topological polar surface area (TPSA) is 3.88 Å². The van der Waals surface area contributed by atoms with Gasteiger partial charge in [0, 0.05) is 22.9 Å². The van der Waals surface area contributed by atoms with E-state index in [-0.39, 0.29) is 0 Å². The number of aryl methyl sites for hydroxylation is 2. The molecule has 0 spiro atoms. The summed E-state index contributed by atoms with van der Waals surface area (Å²) in [7, 11) is 2.14. The van der Waals surface area contributed by atoms with Crippen LogP contribution in [0.5, 0.6) is 0 Å². The Hall–Kier alpha value is -2.71. The van der Waals surface area contributed by atoms with Crippen LogP contribution >= 0.6 is 11.3 Å². The van der Waals surface area contributed by atoms with Gasteiger partial charge in [-0.1, -0.05) is 49.2 Å². The van der Waals surface area contributed by atoms with Gasteiger partial charge in [-0.05, 0) is 65.8 Å². The summed E-state index contributed by atoms with van der Waals surface area (Å²) in [5.74, 6) is -0.397. The number of fused-ring (bicyclic) bond motifs is 4. The molecule has 30 heavy (non-hydrogen) atoms. The fraction of sp³-hybridized carbons (Fsp3) is 0.250. The number of pyridine rings is 1. The fourth-order valence-electron chi connectivity index (χ4n) is 5.08. The van der Waals surface area contributed by atoms with Crippen molar-refractivity contribution in [2.45, 2.75) is 38.5 Å². The lowest BCUT2D eigenvalue weighted by atomic mass is 9.94. The Labute approximate surface area is 183 Å². The third-order valence-electron chi connectivity index (χ3n) is 6.73. The standard InChI is InChI=1S/C28H26NS/c1-18-7-3-6-10-23(18)27-28-24(13-14-29(27)2)25-16-22-15-20(19-8-4-5-9-19)11-12-21(22)17-26(25)30-28/h3,6-7,10-17,19H,4-5,8-9H2,1-2H3/q+1/i19D. The zero-order chi connectivity index (χ0) is 21.2. The first-order valence-corrected chi connectivity index (χ1v) is 11.7. The molecule has 1 fully saturated rings. The molecule has 0 bridgehead atoms. The van der Waals surface area contributed by atoms with Crippen molar-refractivity contribution in [2.75, 3.05) is 0 Å². The van der Waals surface area contributed by atoms with E-state index in [0.717, 1.165) is 12.8 Å². The monoisotopic (exact) mass is 409 g/mol. The molecule has 2 aromatic heterocycles. The van der Waals surface area contributed by atoms with Crippen LogP contribution < -0.4 is 4.57 Å². The molecule has 0 saturated heterocycles. The first-order valence-electron chi connectivity index (χ1n) is 11.4. The molecule has 0 N–H and O–H groups in total. The van der Waals surface area contributed by atoms with Crippen molar-refractivity contribution in [1.82, 2.24) is 0 Å². The van der Waals surface area contributed by atoms with Crippen LogP contribution in [-0.2, 0) is 7.05 Å². The van der Waals surface area contributed by atoms with Crippen molar-refractivity contribution in [1.29, 1.82) is 0 Å². The van der Waals surface area contributed by atoms with Gasteiger partial charge in [0.1, 0.15) is 11.7 Å². The molecule has 2 heteroatoms. The second kappa shape index (κ2) is 6.92. The fourth-order valence-corrected chi connectivity index (χ4v) is 6.41. The SMILES string of the molecule is [2H]C1(c2ccc3cc4sc5c(-c6ccccc6C)[n+](C)ccc5c4cc3c2)CCCC1. The highest BCUT2D eigenvalue weighted by Gasteiger charge is 2.21. The number of benzene rings is 3. The van der Waals surface area contributed by atoms with Gasteiger partial charge in [0.05, 0.1) is 5.56 Å². The van der Waals surface area contributed by atoms with E-state index in [1.807, 2.05) is 11.3 Å². The van der Waals surface area contributed by atoms with Crippen LogP contribution in [-0.4, -0.2) is 0 Å². The molecule has 0 unspecified atom stereocenters. The van der Waals surface area contributed by atoms with Crippen LogP contribution in [0.4, 0.5) is 0 Å². The van der Waals surface area contributed by atoms with Crippen LogP contribution in [0.25, 0.3) is 42.2 Å². The summed E-state index contributed by atoms with van der Waals surface area (Å²) in [6.07, 6.45) is 6.51. The largest absolute Gasteiger partial charge is 0.230 e. The van der Waals surface area contributed by atoms with E-state index < -0.39 is 5.89 Å². The van der Waals surface area contributed by atoms with E-state index in [9.17, 15) is 0 Å². The van der Waals surface area contributed by atoms with Crippen molar-refractivity contribution in [3.05, 3.63) is 78.0 Å². The lowest BCUT2D eigenvalue weighted by molar-refractivity contribution is -0.659. The van der Waals surface area contributed by atoms with Crippen LogP contribution in [0.2, 0.25) is 0 Å². The number of hydrogen-bond acceptors (Lipinski definition) is 1. The average molecular weight is 410 g/mol. The van der Waals surface area contributed by atoms with E-state index in [0.29, 0.717) is 0 Å². The van der Waals surface area contributed by atoms with Crippen molar-refractivity contribution in [2.24, 2.45) is 7.05 Å². The van der Waals surface area contributed by atoms with E-state index in [1.54, 1.807) is 0 Å². The molecule has 0 atom stereocenters. The van der Waals surface area contributed by atoms with Gasteiger partial charge in [-0.3, -0.25) is 0 Å². The summed E-state index contributed by atoms with van der Waals surface area (Å²) >= 11 is 1.89. The van der Waals surface area contributed by atoms with Crippen LogP contribution in [0.3, 0.4) is 0 Å². The Morgan fingerprint density at radius 3 is 2.60 bits per heavy atom. The third kappa shape index (κ3) is 2.78. The Morgan fingerprint density at radius 2 is 1.77 bits per heavy atom. The molecule has 3 aromatic carbocycles. The highest BCUT2D eigenvalue weighted by molar-refractivity contribution is 7.26. The number of thiophene rings is 1. The number of nitrogens with zero attached hydrogens (tertiary/aromatic N) is 1. The van der Waals surface area contributed by atoms with Crippen molar-refractivity contribution in [3.8, 4) is 11.3 Å². The quantitative estimate of drug-likeness (QED) is 0.263. The molecular weight excluding hydrogens is 382 g/mol. The Bertz CT molecular complexity index is 1470. The zero-order valence-corrected chi connectivity index (χ0v) is 18.4. The average Bonchev–Trinajstić information content (AvgIpc) is 3.36. The molecule has 0 aliphatic heterocycles. The Kier molecular flexibility index (Phi) is 3.93. The molecule has 2 heterocycles. The number of rotatable bonds is 2. The molecule has 6 rings (SSSR count). The van der Waals surface area contributed by atoms with E-state index in [2.05, 4.69) is 85.4 Å². The van der Waals surface area contributed by atoms with Gasteiger partial charge < -0.3 is 0 Å². The molecular formula is C28H26NS+. The summed E-state index contributed by atoms with van der Waals surface area (Å²) in [5, 5.41) is 5.18. The molecule has 0 radical (unpaired) electrons. The van der Waals surface area contributed by atoms with Crippen LogP contribution in [0, 0.1) is 6.92 Å². The maximum Gasteiger partial charge on any atom is 0.230 e. The maximum atomic E-state index is 8.93. The first-order chi connectivity index (χ1) is 15.0. The van der Waals surface area contributed by atoms with Gasteiger partial charge in [-0.25, -0.2) is 0 Å². The summed E-state index contributed by atoms with van der Waals surface area (Å²) in [6.45, 7) is 2.19. The predicted octanol–water partition coefficient (Wildman–Crippen LogP) is 7.67. The molecule has 1 nitrogen and oxygen atoms in total. The molecule has 1 saturated carbocycles. The summed E-state index contributed by atoms with van der Waals surface area (Å²) in [5.41, 5.74) is 5.07. The van der Waals surface area contributed by atoms with Gasteiger partial charge in [-0.2, -0.15) is 4.57 Å². The third-order valence-corrected chi connectivity index (χ3v) is 7.91. The zero-order valence-electron chi connectivity index (χ0n) is 18.5. The lowest BCUT2D eigenvalue weighted by Crippen LogP contribution is -2.30. The lowest BCUT2D eigenvalue weighted by Gasteiger charge is -2.10. The van der Waals surface area contributed by atoms with Gasteiger partial charge in [0.2, 0.25) is 5.69 Å². The van der Waals surface area contributed by atoms with Gasteiger partial charge >= 0.3 is 0 Å². The van der Waals surface area contributed by atoms with E-state index in [1.165, 1.54) is 66.2 Å². The molecule has 1 aliphatic carbocycles. The predicted molar refractivity (Wildman–Crippen MR) is 129 cm³/mol. The minimum atomic E-state index is -0.397. The van der Waals surface area contributed by atoms with E-state index >= 15 is 0 Å². The minimum Gasteiger partial charge on any atom is -0.200 e. The van der Waals surface area contributed by atoms with Gasteiger partial charge in [-0.15, -0.1) is 11.3 Å². The summed E-state index contributed by atoms with van der Waals surface area (Å²) in [4.78, 5) is 0. The van der Waals surface area contributed by atoms with Gasteiger partial charge in [0.25, 0.3) is 0 Å². The van der Waals surface area contributed by atoms with Crippen LogP contribution in [0.15, 0.2) is 66.9 Å². The summed E-state index contributed by atoms with van der Waals surface area (Å²) in [6, 6.07) is 22.3. The van der Waals surface area contributed by atoms with Crippen molar-refractivity contribution < 1.29 is 5.94 Å². The Morgan fingerprint density at radius 1 is 0.933 bits per heavy atom. The smallest absolute Gasteiger partial charge is 0.200 e.